The molecule has 0 saturated carbocycles. The fraction of sp³-hybridized carbons (Fsp3) is 0.522. The van der Waals surface area contributed by atoms with Gasteiger partial charge in [-0.1, -0.05) is 12.1 Å². The smallest absolute Gasteiger partial charge is 0.0925 e. The normalized spacial score (nSPS) is 23.5. The molecule has 2 bridgehead atoms. The number of nitrogens with zero attached hydrogens (tertiary/aromatic N) is 4. The van der Waals surface area contributed by atoms with E-state index in [1.807, 2.05) is 6.33 Å². The Hall–Kier alpha value is -2.11. The summed E-state index contributed by atoms with van der Waals surface area (Å²) in [6.45, 7) is 11.0. The molecule has 2 aromatic heterocycles. The second-order valence-corrected chi connectivity index (χ2v) is 8.69. The zero-order chi connectivity index (χ0) is 19.1. The number of imidazole rings is 1. The minimum atomic E-state index is 0.659. The lowest BCUT2D eigenvalue weighted by molar-refractivity contribution is 0.123. The fourth-order valence-electron chi connectivity index (χ4n) is 5.20. The van der Waals surface area contributed by atoms with Crippen molar-refractivity contribution in [2.45, 2.75) is 52.4 Å². The van der Waals surface area contributed by atoms with Crippen molar-refractivity contribution < 1.29 is 0 Å². The highest BCUT2D eigenvalue weighted by molar-refractivity contribution is 5.80. The van der Waals surface area contributed by atoms with Crippen LogP contribution in [0.2, 0.25) is 0 Å². The van der Waals surface area contributed by atoms with Gasteiger partial charge in [-0.2, -0.15) is 0 Å². The predicted molar refractivity (Wildman–Crippen MR) is 113 cm³/mol. The van der Waals surface area contributed by atoms with E-state index in [4.69, 9.17) is 0 Å². The van der Waals surface area contributed by atoms with Crippen LogP contribution in [-0.2, 0) is 19.6 Å². The van der Waals surface area contributed by atoms with E-state index < -0.39 is 0 Å². The number of fused-ring (bicyclic) bond motifs is 5. The summed E-state index contributed by atoms with van der Waals surface area (Å²) in [6, 6.07) is 9.91. The van der Waals surface area contributed by atoms with Gasteiger partial charge < -0.3 is 9.55 Å². The number of aryl methyl sites for hydroxylation is 2. The van der Waals surface area contributed by atoms with Crippen molar-refractivity contribution in [3.63, 3.8) is 0 Å². The lowest BCUT2D eigenvalue weighted by Crippen LogP contribution is -2.43. The molecule has 0 amide bonds. The molecule has 1 N–H and O–H groups in total. The highest BCUT2D eigenvalue weighted by Crippen LogP contribution is 2.30. The van der Waals surface area contributed by atoms with Gasteiger partial charge in [0.1, 0.15) is 0 Å². The van der Waals surface area contributed by atoms with Crippen LogP contribution in [0.4, 0.5) is 0 Å². The highest BCUT2D eigenvalue weighted by atomic mass is 15.3. The summed E-state index contributed by atoms with van der Waals surface area (Å²) in [6.07, 6.45) is 6.73. The first-order chi connectivity index (χ1) is 13.7. The van der Waals surface area contributed by atoms with Gasteiger partial charge in [0.25, 0.3) is 0 Å². The zero-order valence-electron chi connectivity index (χ0n) is 17.1. The summed E-state index contributed by atoms with van der Waals surface area (Å²) in [5.41, 5.74) is 5.23. The Balaban J connectivity index is 1.32. The molecule has 3 saturated heterocycles. The molecular formula is C23H31N5. The average molecular weight is 378 g/mol. The lowest BCUT2D eigenvalue weighted by atomic mass is 9.94. The Morgan fingerprint density at radius 2 is 2.04 bits per heavy atom. The van der Waals surface area contributed by atoms with Crippen LogP contribution >= 0.6 is 0 Å². The van der Waals surface area contributed by atoms with Crippen molar-refractivity contribution in [3.05, 3.63) is 53.7 Å². The van der Waals surface area contributed by atoms with Gasteiger partial charge in [-0.25, -0.2) is 4.98 Å². The summed E-state index contributed by atoms with van der Waals surface area (Å²) in [5.74, 6) is 0.779. The van der Waals surface area contributed by atoms with E-state index in [0.717, 1.165) is 32.1 Å². The largest absolute Gasteiger partial charge is 0.348 e. The Kier molecular flexibility index (Phi) is 4.73. The Morgan fingerprint density at radius 1 is 1.11 bits per heavy atom. The molecule has 6 rings (SSSR count). The maximum Gasteiger partial charge on any atom is 0.0925 e. The Labute approximate surface area is 167 Å². The van der Waals surface area contributed by atoms with E-state index in [2.05, 4.69) is 68.6 Å². The predicted octanol–water partition coefficient (Wildman–Crippen LogP) is 3.79. The molecule has 148 valence electrons. The number of piperidine rings is 1. The highest BCUT2D eigenvalue weighted by Gasteiger charge is 2.34. The first kappa shape index (κ1) is 18.0. The maximum atomic E-state index is 4.52. The molecule has 1 aromatic carbocycles. The molecular weight excluding hydrogens is 346 g/mol. The molecule has 3 aliphatic rings. The zero-order valence-corrected chi connectivity index (χ0v) is 17.1. The number of benzene rings is 1. The molecule has 0 unspecified atom stereocenters. The summed E-state index contributed by atoms with van der Waals surface area (Å²) in [4.78, 5) is 13.1. The quantitative estimate of drug-likeness (QED) is 0.735. The van der Waals surface area contributed by atoms with E-state index in [1.54, 1.807) is 0 Å². The van der Waals surface area contributed by atoms with Crippen LogP contribution in [0, 0.1) is 12.8 Å². The Morgan fingerprint density at radius 3 is 2.86 bits per heavy atom. The molecule has 28 heavy (non-hydrogen) atoms. The molecule has 5 heteroatoms. The third kappa shape index (κ3) is 3.38. The minimum absolute atomic E-state index is 0.659. The summed E-state index contributed by atoms with van der Waals surface area (Å²) < 4.78 is 2.35. The Bertz CT molecular complexity index is 955. The van der Waals surface area contributed by atoms with Crippen molar-refractivity contribution in [2.75, 3.05) is 19.6 Å². The van der Waals surface area contributed by atoms with Gasteiger partial charge >= 0.3 is 0 Å². The SMILES string of the molecule is CCn1ccc2ccc(CN3C[C@@H]4CC[C@H]3CN(Cc3nc[nH]c3C)C4)cc21. The van der Waals surface area contributed by atoms with Crippen molar-refractivity contribution in [2.24, 2.45) is 5.92 Å². The standard InChI is InChI=1S/C23H31N5/c1-3-27-9-8-20-6-4-18(10-23(20)27)12-28-13-19-5-7-21(28)14-26(11-19)15-22-17(2)24-16-25-22/h4,6,8-10,16,19,21H,3,5,7,11-15H2,1-2H3,(H,24,25)/t19-,21+/m1/s1. The second-order valence-electron chi connectivity index (χ2n) is 8.69. The van der Waals surface area contributed by atoms with Gasteiger partial charge in [-0.15, -0.1) is 0 Å². The van der Waals surface area contributed by atoms with E-state index in [9.17, 15) is 0 Å². The van der Waals surface area contributed by atoms with Gasteiger partial charge in [-0.3, -0.25) is 9.80 Å². The molecule has 0 radical (unpaired) electrons. The molecule has 5 nitrogen and oxygen atoms in total. The molecule has 3 aliphatic heterocycles. The van der Waals surface area contributed by atoms with Gasteiger partial charge in [0, 0.05) is 62.7 Å². The van der Waals surface area contributed by atoms with Crippen molar-refractivity contribution in [1.29, 1.82) is 0 Å². The van der Waals surface area contributed by atoms with Crippen LogP contribution in [0.25, 0.3) is 10.9 Å². The fourth-order valence-corrected chi connectivity index (χ4v) is 5.20. The van der Waals surface area contributed by atoms with Crippen LogP contribution < -0.4 is 0 Å². The average Bonchev–Trinajstić information content (AvgIpc) is 3.18. The number of hydrogen-bond acceptors (Lipinski definition) is 3. The maximum absolute atomic E-state index is 4.52. The number of hydrogen-bond donors (Lipinski definition) is 1. The van der Waals surface area contributed by atoms with Crippen LogP contribution in [0.5, 0.6) is 0 Å². The van der Waals surface area contributed by atoms with E-state index in [-0.39, 0.29) is 0 Å². The monoisotopic (exact) mass is 377 g/mol. The third-order valence-electron chi connectivity index (χ3n) is 6.77. The summed E-state index contributed by atoms with van der Waals surface area (Å²) in [7, 11) is 0. The molecule has 3 fully saturated rings. The number of aromatic nitrogens is 3. The van der Waals surface area contributed by atoms with Gasteiger partial charge in [0.2, 0.25) is 0 Å². The number of aromatic amines is 1. The summed E-state index contributed by atoms with van der Waals surface area (Å²) in [5, 5.41) is 1.35. The second kappa shape index (κ2) is 7.37. The number of rotatable bonds is 5. The number of H-pyrrole nitrogens is 1. The van der Waals surface area contributed by atoms with E-state index >= 15 is 0 Å². The molecule has 5 heterocycles. The van der Waals surface area contributed by atoms with Crippen molar-refractivity contribution in [1.82, 2.24) is 24.3 Å². The molecule has 3 aromatic rings. The van der Waals surface area contributed by atoms with Gasteiger partial charge in [0.05, 0.1) is 12.0 Å². The third-order valence-corrected chi connectivity index (χ3v) is 6.77. The van der Waals surface area contributed by atoms with Crippen LogP contribution in [0.15, 0.2) is 36.8 Å². The molecule has 0 spiro atoms. The topological polar surface area (TPSA) is 40.1 Å². The minimum Gasteiger partial charge on any atom is -0.348 e. The lowest BCUT2D eigenvalue weighted by Gasteiger charge is -2.36. The number of nitrogens with one attached hydrogen (secondary N) is 1. The van der Waals surface area contributed by atoms with E-state index in [0.29, 0.717) is 6.04 Å². The van der Waals surface area contributed by atoms with Crippen LogP contribution in [0.3, 0.4) is 0 Å². The molecule has 2 atom stereocenters. The van der Waals surface area contributed by atoms with Crippen LogP contribution in [-0.4, -0.2) is 50.0 Å². The van der Waals surface area contributed by atoms with Gasteiger partial charge in [-0.05, 0) is 55.7 Å². The van der Waals surface area contributed by atoms with E-state index in [1.165, 1.54) is 53.8 Å². The van der Waals surface area contributed by atoms with Crippen LogP contribution in [0.1, 0.15) is 36.7 Å². The first-order valence-electron chi connectivity index (χ1n) is 10.7. The van der Waals surface area contributed by atoms with Gasteiger partial charge in [0.15, 0.2) is 0 Å². The van der Waals surface area contributed by atoms with Crippen molar-refractivity contribution in [3.8, 4) is 0 Å². The summed E-state index contributed by atoms with van der Waals surface area (Å²) >= 11 is 0. The first-order valence-corrected chi connectivity index (χ1v) is 10.7. The van der Waals surface area contributed by atoms with Crippen molar-refractivity contribution >= 4 is 10.9 Å². The molecule has 0 aliphatic carbocycles.